The van der Waals surface area contributed by atoms with Crippen LogP contribution in [0, 0.1) is 0 Å². The maximum absolute atomic E-state index is 13.2. The van der Waals surface area contributed by atoms with Gasteiger partial charge in [-0.05, 0) is 90.0 Å². The summed E-state index contributed by atoms with van der Waals surface area (Å²) in [5.41, 5.74) is 3.51. The van der Waals surface area contributed by atoms with E-state index in [1.54, 1.807) is 0 Å². The number of hydrogen-bond acceptors (Lipinski definition) is 6. The fourth-order valence-corrected chi connectivity index (χ4v) is 7.92. The standard InChI is InChI=1S/C29H38N4O3S2.2H2/c1-18(2)33-15-12-19-21(26(38-23(19)17-33)32-13-8-9-14-32)16-30-28(35)31-25-24(27(34)36-29(3,4)5)20-10-6-7-11-22(20)37-25;;/h8-9,13-14,18H,6-7,10-12,15-17H2,1-5H3,(H2,30,31,35);2*1H. The molecule has 2 amide bonds. The van der Waals surface area contributed by atoms with Crippen molar-refractivity contribution in [2.45, 2.75) is 91.5 Å². The van der Waals surface area contributed by atoms with Crippen LogP contribution in [0.2, 0.25) is 0 Å². The van der Waals surface area contributed by atoms with Gasteiger partial charge in [-0.2, -0.15) is 0 Å². The number of carbonyl (C=O) groups is 2. The number of aromatic nitrogens is 1. The van der Waals surface area contributed by atoms with Gasteiger partial charge in [-0.25, -0.2) is 9.59 Å². The van der Waals surface area contributed by atoms with Gasteiger partial charge in [0.15, 0.2) is 0 Å². The van der Waals surface area contributed by atoms with Crippen molar-refractivity contribution in [2.75, 3.05) is 11.9 Å². The zero-order valence-electron chi connectivity index (χ0n) is 23.0. The lowest BCUT2D eigenvalue weighted by Crippen LogP contribution is -2.35. The molecular formula is C29H42N4O3S2. The van der Waals surface area contributed by atoms with Crippen LogP contribution in [0.1, 0.15) is 87.1 Å². The Morgan fingerprint density at radius 2 is 1.79 bits per heavy atom. The van der Waals surface area contributed by atoms with Crippen LogP contribution in [0.25, 0.3) is 5.00 Å². The first-order valence-electron chi connectivity index (χ1n) is 13.5. The number of thiophene rings is 2. The minimum absolute atomic E-state index is 0. The molecule has 9 heteroatoms. The Bertz CT molecular complexity index is 1330. The van der Waals surface area contributed by atoms with Gasteiger partial charge < -0.3 is 14.6 Å². The molecule has 1 aliphatic heterocycles. The first-order valence-corrected chi connectivity index (χ1v) is 15.2. The predicted octanol–water partition coefficient (Wildman–Crippen LogP) is 7.01. The van der Waals surface area contributed by atoms with E-state index in [0.717, 1.165) is 55.8 Å². The number of rotatable bonds is 6. The molecule has 5 rings (SSSR count). The van der Waals surface area contributed by atoms with E-state index in [-0.39, 0.29) is 14.9 Å². The average Bonchev–Trinajstić information content (AvgIpc) is 3.57. The van der Waals surface area contributed by atoms with Gasteiger partial charge >= 0.3 is 12.0 Å². The van der Waals surface area contributed by atoms with Gasteiger partial charge in [0.25, 0.3) is 0 Å². The van der Waals surface area contributed by atoms with Crippen LogP contribution < -0.4 is 10.6 Å². The second-order valence-corrected chi connectivity index (χ2v) is 13.6. The summed E-state index contributed by atoms with van der Waals surface area (Å²) < 4.78 is 7.87. The van der Waals surface area contributed by atoms with Crippen molar-refractivity contribution < 1.29 is 17.2 Å². The summed E-state index contributed by atoms with van der Waals surface area (Å²) in [6, 6.07) is 4.26. The van der Waals surface area contributed by atoms with Gasteiger partial charge in [-0.1, -0.05) is 0 Å². The van der Waals surface area contributed by atoms with Crippen molar-refractivity contribution in [1.82, 2.24) is 14.8 Å². The smallest absolute Gasteiger partial charge is 0.341 e. The third-order valence-electron chi connectivity index (χ3n) is 7.17. The first-order chi connectivity index (χ1) is 18.1. The van der Waals surface area contributed by atoms with E-state index >= 15 is 0 Å². The van der Waals surface area contributed by atoms with Crippen LogP contribution in [0.3, 0.4) is 0 Å². The highest BCUT2D eigenvalue weighted by Gasteiger charge is 2.30. The second-order valence-electron chi connectivity index (χ2n) is 11.4. The van der Waals surface area contributed by atoms with Crippen molar-refractivity contribution >= 4 is 39.7 Å². The van der Waals surface area contributed by atoms with E-state index in [2.05, 4.69) is 46.3 Å². The Labute approximate surface area is 236 Å². The first kappa shape index (κ1) is 27.0. The van der Waals surface area contributed by atoms with Gasteiger partial charge in [-0.3, -0.25) is 10.2 Å². The van der Waals surface area contributed by atoms with E-state index in [0.29, 0.717) is 23.2 Å². The fraction of sp³-hybridized carbons (Fsp3) is 0.517. The highest BCUT2D eigenvalue weighted by molar-refractivity contribution is 7.17. The molecule has 0 radical (unpaired) electrons. The van der Waals surface area contributed by atoms with E-state index < -0.39 is 5.60 Å². The van der Waals surface area contributed by atoms with Crippen molar-refractivity contribution in [3.8, 4) is 5.00 Å². The minimum atomic E-state index is -0.599. The lowest BCUT2D eigenvalue weighted by molar-refractivity contribution is 0.00699. The molecule has 38 heavy (non-hydrogen) atoms. The summed E-state index contributed by atoms with van der Waals surface area (Å²) in [5.74, 6) is -0.358. The minimum Gasteiger partial charge on any atom is -0.456 e. The molecule has 0 saturated heterocycles. The normalized spacial score (nSPS) is 15.7. The van der Waals surface area contributed by atoms with E-state index in [4.69, 9.17) is 4.74 Å². The van der Waals surface area contributed by atoms with Crippen molar-refractivity contribution in [3.63, 3.8) is 0 Å². The molecule has 3 aromatic rings. The SMILES string of the molecule is CC(C)N1CCc2c(sc(-n3cccc3)c2CNC(=O)Nc2sc3c(c2C(=O)OC(C)(C)C)CCCC3)C1.[HH].[HH]. The molecular weight excluding hydrogens is 516 g/mol. The largest absolute Gasteiger partial charge is 0.456 e. The number of fused-ring (bicyclic) bond motifs is 2. The number of anilines is 1. The summed E-state index contributed by atoms with van der Waals surface area (Å²) in [6.07, 6.45) is 9.03. The Morgan fingerprint density at radius 1 is 1.05 bits per heavy atom. The summed E-state index contributed by atoms with van der Waals surface area (Å²) >= 11 is 3.33. The number of nitrogens with zero attached hydrogens (tertiary/aromatic N) is 2. The zero-order chi connectivity index (χ0) is 27.0. The number of urea groups is 1. The van der Waals surface area contributed by atoms with Crippen LogP contribution >= 0.6 is 22.7 Å². The van der Waals surface area contributed by atoms with Gasteiger partial charge in [-0.15, -0.1) is 22.7 Å². The number of carbonyl (C=O) groups excluding carboxylic acids is 2. The quantitative estimate of drug-likeness (QED) is 0.319. The number of amides is 2. The molecule has 0 unspecified atom stereocenters. The topological polar surface area (TPSA) is 75.6 Å². The molecule has 7 nitrogen and oxygen atoms in total. The number of hydrogen-bond donors (Lipinski definition) is 2. The van der Waals surface area contributed by atoms with Crippen LogP contribution in [0.4, 0.5) is 9.80 Å². The lowest BCUT2D eigenvalue weighted by atomic mass is 9.95. The molecule has 3 aromatic heterocycles. The third-order valence-corrected chi connectivity index (χ3v) is 9.65. The highest BCUT2D eigenvalue weighted by Crippen LogP contribution is 2.39. The summed E-state index contributed by atoms with van der Waals surface area (Å²) in [4.78, 5) is 31.4. The number of aryl methyl sites for hydroxylation is 1. The maximum Gasteiger partial charge on any atom is 0.341 e. The maximum atomic E-state index is 13.2. The Kier molecular flexibility index (Phi) is 7.71. The monoisotopic (exact) mass is 558 g/mol. The molecule has 0 fully saturated rings. The highest BCUT2D eigenvalue weighted by atomic mass is 32.1. The predicted molar refractivity (Wildman–Crippen MR) is 159 cm³/mol. The third kappa shape index (κ3) is 5.70. The van der Waals surface area contributed by atoms with Gasteiger partial charge in [0.1, 0.15) is 15.6 Å². The number of esters is 1. The summed E-state index contributed by atoms with van der Waals surface area (Å²) in [7, 11) is 0. The van der Waals surface area contributed by atoms with E-state index in [9.17, 15) is 9.59 Å². The van der Waals surface area contributed by atoms with Crippen LogP contribution in [-0.2, 0) is 37.1 Å². The average molecular weight is 559 g/mol. The number of nitrogens with one attached hydrogen (secondary N) is 2. The molecule has 0 aromatic carbocycles. The molecule has 0 bridgehead atoms. The number of ether oxygens (including phenoxy) is 1. The molecule has 1 aliphatic carbocycles. The van der Waals surface area contributed by atoms with Crippen molar-refractivity contribution in [2.24, 2.45) is 0 Å². The Hall–Kier alpha value is -2.62. The molecule has 2 N–H and O–H groups in total. The van der Waals surface area contributed by atoms with Gasteiger partial charge in [0, 0.05) is 56.2 Å². The molecule has 0 spiro atoms. The Morgan fingerprint density at radius 3 is 2.50 bits per heavy atom. The molecule has 0 atom stereocenters. The van der Waals surface area contributed by atoms with Crippen LogP contribution in [0.5, 0.6) is 0 Å². The zero-order valence-corrected chi connectivity index (χ0v) is 24.6. The molecule has 0 saturated carbocycles. The van der Waals surface area contributed by atoms with Crippen molar-refractivity contribution in [1.29, 1.82) is 0 Å². The summed E-state index contributed by atoms with van der Waals surface area (Å²) in [6.45, 7) is 12.5. The molecule has 208 valence electrons. The van der Waals surface area contributed by atoms with Crippen LogP contribution in [-0.4, -0.2) is 39.7 Å². The fourth-order valence-electron chi connectivity index (χ4n) is 5.29. The molecule has 2 aliphatic rings. The van der Waals surface area contributed by atoms with Crippen molar-refractivity contribution in [3.05, 3.63) is 56.5 Å². The summed E-state index contributed by atoms with van der Waals surface area (Å²) in [5, 5.41) is 7.86. The molecule has 4 heterocycles. The van der Waals surface area contributed by atoms with E-state index in [1.165, 1.54) is 32.2 Å². The lowest BCUT2D eigenvalue weighted by Gasteiger charge is -2.30. The van der Waals surface area contributed by atoms with Crippen LogP contribution in [0.15, 0.2) is 24.5 Å². The second kappa shape index (κ2) is 10.9. The Balaban J connectivity index is 0.00000220. The van der Waals surface area contributed by atoms with Gasteiger partial charge in [0.2, 0.25) is 0 Å². The van der Waals surface area contributed by atoms with E-state index in [1.807, 2.05) is 44.2 Å². The van der Waals surface area contributed by atoms with Gasteiger partial charge in [0.05, 0.1) is 5.56 Å².